The number of fused-ring (bicyclic) bond motifs is 1. The number of nitrogens with zero attached hydrogens (tertiary/aromatic N) is 4. The lowest BCUT2D eigenvalue weighted by Gasteiger charge is -1.87. The van der Waals surface area contributed by atoms with Crippen LogP contribution in [0.3, 0.4) is 0 Å². The summed E-state index contributed by atoms with van der Waals surface area (Å²) in [4.78, 5) is 15.3. The van der Waals surface area contributed by atoms with Crippen LogP contribution < -0.4 is 0 Å². The molecule has 0 aliphatic rings. The molecular formula is C6H2N4. The van der Waals surface area contributed by atoms with Crippen LogP contribution >= 0.6 is 0 Å². The van der Waals surface area contributed by atoms with Crippen molar-refractivity contribution in [2.45, 2.75) is 0 Å². The van der Waals surface area contributed by atoms with Crippen LogP contribution in [0.5, 0.6) is 0 Å². The molecule has 0 saturated carbocycles. The Kier molecular flexibility index (Phi) is 1.04. The Balaban J connectivity index is 2.89. The van der Waals surface area contributed by atoms with Crippen LogP contribution in [0.2, 0.25) is 0 Å². The summed E-state index contributed by atoms with van der Waals surface area (Å²) in [6.07, 6.45) is 8.01. The van der Waals surface area contributed by atoms with Gasteiger partial charge in [-0.25, -0.2) is 19.9 Å². The van der Waals surface area contributed by atoms with Crippen molar-refractivity contribution in [3.8, 4) is 0 Å². The zero-order valence-corrected chi connectivity index (χ0v) is 4.94. The van der Waals surface area contributed by atoms with Gasteiger partial charge < -0.3 is 0 Å². The van der Waals surface area contributed by atoms with E-state index in [2.05, 4.69) is 32.3 Å². The third kappa shape index (κ3) is 0.699. The molecule has 0 unspecified atom stereocenters. The highest BCUT2D eigenvalue weighted by atomic mass is 15.0. The Morgan fingerprint density at radius 1 is 0.900 bits per heavy atom. The molecule has 2 aromatic heterocycles. The molecule has 0 bridgehead atoms. The van der Waals surface area contributed by atoms with Crippen molar-refractivity contribution in [3.63, 3.8) is 0 Å². The highest BCUT2D eigenvalue weighted by Gasteiger charge is 1.92. The minimum atomic E-state index is 0.501. The summed E-state index contributed by atoms with van der Waals surface area (Å²) < 4.78 is 0. The number of rotatable bonds is 0. The molecule has 0 aliphatic carbocycles. The maximum Gasteiger partial charge on any atom is 0.198 e. The molecular weight excluding hydrogens is 128 g/mol. The average Bonchev–Trinajstić information content (AvgIpc) is 2.05. The van der Waals surface area contributed by atoms with Gasteiger partial charge in [0, 0.05) is 12.4 Å². The lowest BCUT2D eigenvalue weighted by molar-refractivity contribution is 1.14. The fourth-order valence-electron chi connectivity index (χ4n) is 0.637. The molecule has 2 aromatic rings. The summed E-state index contributed by atoms with van der Waals surface area (Å²) >= 11 is 0. The zero-order chi connectivity index (χ0) is 6.81. The van der Waals surface area contributed by atoms with Crippen LogP contribution in [-0.2, 0) is 0 Å². The monoisotopic (exact) mass is 130 g/mol. The number of aromatic nitrogens is 4. The largest absolute Gasteiger partial charge is 0.232 e. The lowest BCUT2D eigenvalue weighted by Crippen LogP contribution is -1.87. The first-order chi connectivity index (χ1) is 4.97. The van der Waals surface area contributed by atoms with Crippen LogP contribution in [0, 0.1) is 12.4 Å². The predicted octanol–water partition coefficient (Wildman–Crippen LogP) is 0.0202. The van der Waals surface area contributed by atoms with E-state index in [4.69, 9.17) is 0 Å². The van der Waals surface area contributed by atoms with E-state index >= 15 is 0 Å². The van der Waals surface area contributed by atoms with Crippen LogP contribution in [-0.4, -0.2) is 19.9 Å². The van der Waals surface area contributed by atoms with Gasteiger partial charge in [0.1, 0.15) is 12.4 Å². The van der Waals surface area contributed by atoms with Gasteiger partial charge in [-0.1, -0.05) is 0 Å². The molecule has 46 valence electrons. The fraction of sp³-hybridized carbons (Fsp3) is 0. The van der Waals surface area contributed by atoms with Gasteiger partial charge in [-0.05, 0) is 0 Å². The Morgan fingerprint density at radius 3 is 1.90 bits per heavy atom. The normalized spacial score (nSPS) is 10.0. The Hall–Kier alpha value is -1.58. The molecule has 0 aromatic carbocycles. The number of hydrogen-bond donors (Lipinski definition) is 0. The highest BCUT2D eigenvalue weighted by Crippen LogP contribution is 1.95. The second-order valence-electron chi connectivity index (χ2n) is 1.65. The molecule has 0 amide bonds. The van der Waals surface area contributed by atoms with Gasteiger partial charge in [0.25, 0.3) is 0 Å². The minimum Gasteiger partial charge on any atom is -0.232 e. The topological polar surface area (TPSA) is 51.6 Å². The van der Waals surface area contributed by atoms with Crippen molar-refractivity contribution in [2.24, 2.45) is 0 Å². The molecule has 2 radical (unpaired) electrons. The molecule has 0 aliphatic heterocycles. The first kappa shape index (κ1) is 5.22. The third-order valence-electron chi connectivity index (χ3n) is 1.03. The summed E-state index contributed by atoms with van der Waals surface area (Å²) in [6, 6.07) is 0. The van der Waals surface area contributed by atoms with Gasteiger partial charge in [0.05, 0.1) is 0 Å². The van der Waals surface area contributed by atoms with Crippen molar-refractivity contribution in [1.82, 2.24) is 19.9 Å². The van der Waals surface area contributed by atoms with E-state index in [0.717, 1.165) is 0 Å². The quantitative estimate of drug-likeness (QED) is 0.504. The van der Waals surface area contributed by atoms with E-state index in [1.165, 1.54) is 0 Å². The summed E-state index contributed by atoms with van der Waals surface area (Å²) in [5.74, 6) is 0. The molecule has 0 spiro atoms. The van der Waals surface area contributed by atoms with E-state index in [-0.39, 0.29) is 0 Å². The fourth-order valence-corrected chi connectivity index (χ4v) is 0.637. The molecule has 2 rings (SSSR count). The molecule has 2 heterocycles. The van der Waals surface area contributed by atoms with E-state index in [1.807, 2.05) is 0 Å². The second kappa shape index (κ2) is 1.98. The third-order valence-corrected chi connectivity index (χ3v) is 1.03. The smallest absolute Gasteiger partial charge is 0.198 e. The first-order valence-corrected chi connectivity index (χ1v) is 2.69. The molecule has 4 heteroatoms. The molecule has 0 atom stereocenters. The predicted molar refractivity (Wildman–Crippen MR) is 32.8 cm³/mol. The van der Waals surface area contributed by atoms with Gasteiger partial charge in [0.15, 0.2) is 11.3 Å². The molecule has 0 N–H and O–H groups in total. The van der Waals surface area contributed by atoms with Crippen molar-refractivity contribution in [2.75, 3.05) is 0 Å². The van der Waals surface area contributed by atoms with Gasteiger partial charge >= 0.3 is 0 Å². The number of hydrogen-bond acceptors (Lipinski definition) is 4. The van der Waals surface area contributed by atoms with Crippen LogP contribution in [0.4, 0.5) is 0 Å². The summed E-state index contributed by atoms with van der Waals surface area (Å²) in [5, 5.41) is 0. The molecule has 4 nitrogen and oxygen atoms in total. The van der Waals surface area contributed by atoms with Gasteiger partial charge in [0.2, 0.25) is 0 Å². The second-order valence-corrected chi connectivity index (χ2v) is 1.65. The minimum absolute atomic E-state index is 0.501. The van der Waals surface area contributed by atoms with Gasteiger partial charge in [-0.15, -0.1) is 0 Å². The maximum atomic E-state index is 3.89. The zero-order valence-electron chi connectivity index (χ0n) is 4.94. The summed E-state index contributed by atoms with van der Waals surface area (Å²) in [6.45, 7) is 0. The van der Waals surface area contributed by atoms with Gasteiger partial charge in [-0.3, -0.25) is 0 Å². The van der Waals surface area contributed by atoms with E-state index < -0.39 is 0 Å². The highest BCUT2D eigenvalue weighted by molar-refractivity contribution is 5.62. The Labute approximate surface area is 57.0 Å². The summed E-state index contributed by atoms with van der Waals surface area (Å²) in [7, 11) is 0. The first-order valence-electron chi connectivity index (χ1n) is 2.69. The van der Waals surface area contributed by atoms with E-state index in [9.17, 15) is 0 Å². The standard InChI is InChI=1S/C6H2N4/c1-2-8-6-5(7-1)9-3-4-10-6/h1-2H. The van der Waals surface area contributed by atoms with Crippen molar-refractivity contribution in [3.05, 3.63) is 24.8 Å². The van der Waals surface area contributed by atoms with Crippen molar-refractivity contribution < 1.29 is 0 Å². The van der Waals surface area contributed by atoms with E-state index in [0.29, 0.717) is 11.3 Å². The van der Waals surface area contributed by atoms with Gasteiger partial charge in [-0.2, -0.15) is 0 Å². The average molecular weight is 130 g/mol. The molecule has 10 heavy (non-hydrogen) atoms. The SMILES string of the molecule is [c]1[c]nc2nccnc2n1. The Morgan fingerprint density at radius 2 is 1.40 bits per heavy atom. The molecule has 0 saturated heterocycles. The van der Waals surface area contributed by atoms with Crippen molar-refractivity contribution in [1.29, 1.82) is 0 Å². The van der Waals surface area contributed by atoms with Crippen molar-refractivity contribution >= 4 is 11.3 Å². The Bertz CT molecular complexity index is 281. The van der Waals surface area contributed by atoms with Crippen LogP contribution in [0.25, 0.3) is 11.3 Å². The summed E-state index contributed by atoms with van der Waals surface area (Å²) in [5.41, 5.74) is 1.00. The lowest BCUT2D eigenvalue weighted by atomic mass is 10.6. The molecule has 0 fully saturated rings. The van der Waals surface area contributed by atoms with Crippen LogP contribution in [0.15, 0.2) is 12.4 Å². The van der Waals surface area contributed by atoms with E-state index in [1.54, 1.807) is 12.4 Å². The van der Waals surface area contributed by atoms with Crippen LogP contribution in [0.1, 0.15) is 0 Å². The maximum absolute atomic E-state index is 3.89.